The molecule has 0 bridgehead atoms. The lowest BCUT2D eigenvalue weighted by molar-refractivity contribution is -0.115. The SMILES string of the molecule is CC1=C2CCc3cc(C(=O)Nc4ccc(C)cc4)ccc3N2CCC1=O. The number of hydrogen-bond acceptors (Lipinski definition) is 3. The molecular weight excluding hydrogens is 324 g/mol. The number of ketones is 1. The number of aryl methyl sites for hydroxylation is 2. The van der Waals surface area contributed by atoms with Gasteiger partial charge in [0.1, 0.15) is 0 Å². The molecule has 26 heavy (non-hydrogen) atoms. The van der Waals surface area contributed by atoms with Crippen LogP contribution in [0, 0.1) is 6.92 Å². The Bertz CT molecular complexity index is 926. The van der Waals surface area contributed by atoms with Crippen molar-refractivity contribution < 1.29 is 9.59 Å². The molecule has 1 amide bonds. The van der Waals surface area contributed by atoms with Gasteiger partial charge >= 0.3 is 0 Å². The first kappa shape index (κ1) is 16.6. The molecule has 4 nitrogen and oxygen atoms in total. The molecule has 0 saturated heterocycles. The summed E-state index contributed by atoms with van der Waals surface area (Å²) in [5.41, 5.74) is 6.97. The van der Waals surface area contributed by atoms with Gasteiger partial charge < -0.3 is 10.2 Å². The largest absolute Gasteiger partial charge is 0.344 e. The molecule has 4 heteroatoms. The molecule has 0 fully saturated rings. The molecule has 0 unspecified atom stereocenters. The average Bonchev–Trinajstić information content (AvgIpc) is 2.65. The minimum atomic E-state index is -0.0944. The molecule has 132 valence electrons. The highest BCUT2D eigenvalue weighted by Crippen LogP contribution is 2.37. The van der Waals surface area contributed by atoms with Crippen LogP contribution in [0.4, 0.5) is 11.4 Å². The van der Waals surface area contributed by atoms with Gasteiger partial charge in [0, 0.05) is 41.2 Å². The zero-order chi connectivity index (χ0) is 18.3. The van der Waals surface area contributed by atoms with Gasteiger partial charge in [-0.2, -0.15) is 0 Å². The monoisotopic (exact) mass is 346 g/mol. The van der Waals surface area contributed by atoms with Gasteiger partial charge in [-0.15, -0.1) is 0 Å². The van der Waals surface area contributed by atoms with Gasteiger partial charge in [0.15, 0.2) is 5.78 Å². The third kappa shape index (κ3) is 2.92. The molecule has 2 aliphatic heterocycles. The van der Waals surface area contributed by atoms with Crippen LogP contribution < -0.4 is 10.2 Å². The van der Waals surface area contributed by atoms with E-state index in [1.54, 1.807) is 0 Å². The van der Waals surface area contributed by atoms with Crippen LogP contribution in [-0.2, 0) is 11.2 Å². The van der Waals surface area contributed by atoms with Gasteiger partial charge in [-0.25, -0.2) is 0 Å². The Morgan fingerprint density at radius 3 is 2.54 bits per heavy atom. The first-order chi connectivity index (χ1) is 12.5. The third-order valence-corrected chi connectivity index (χ3v) is 5.31. The Hall–Kier alpha value is -2.88. The maximum Gasteiger partial charge on any atom is 0.255 e. The fourth-order valence-corrected chi connectivity index (χ4v) is 3.77. The van der Waals surface area contributed by atoms with Crippen LogP contribution in [-0.4, -0.2) is 18.2 Å². The molecule has 0 aliphatic carbocycles. The van der Waals surface area contributed by atoms with Crippen molar-refractivity contribution in [3.8, 4) is 0 Å². The van der Waals surface area contributed by atoms with E-state index in [2.05, 4.69) is 10.2 Å². The van der Waals surface area contributed by atoms with Gasteiger partial charge in [-0.3, -0.25) is 9.59 Å². The summed E-state index contributed by atoms with van der Waals surface area (Å²) in [5.74, 6) is 0.164. The van der Waals surface area contributed by atoms with E-state index >= 15 is 0 Å². The highest BCUT2D eigenvalue weighted by Gasteiger charge is 2.29. The van der Waals surface area contributed by atoms with Gasteiger partial charge in [-0.05, 0) is 62.6 Å². The molecule has 1 N–H and O–H groups in total. The van der Waals surface area contributed by atoms with E-state index in [1.165, 1.54) is 5.56 Å². The van der Waals surface area contributed by atoms with Crippen molar-refractivity contribution in [1.82, 2.24) is 0 Å². The fourth-order valence-electron chi connectivity index (χ4n) is 3.77. The number of fused-ring (bicyclic) bond motifs is 3. The predicted octanol–water partition coefficient (Wildman–Crippen LogP) is 4.25. The predicted molar refractivity (Wildman–Crippen MR) is 104 cm³/mol. The summed E-state index contributed by atoms with van der Waals surface area (Å²) in [4.78, 5) is 26.8. The fraction of sp³-hybridized carbons (Fsp3) is 0.273. The number of carbonyl (C=O) groups excluding carboxylic acids is 2. The number of anilines is 2. The zero-order valence-corrected chi connectivity index (χ0v) is 15.1. The van der Waals surface area contributed by atoms with Crippen LogP contribution in [0.15, 0.2) is 53.7 Å². The topological polar surface area (TPSA) is 49.4 Å². The first-order valence-corrected chi connectivity index (χ1v) is 9.04. The summed E-state index contributed by atoms with van der Waals surface area (Å²) in [5, 5.41) is 2.95. The number of hydrogen-bond donors (Lipinski definition) is 1. The van der Waals surface area contributed by atoms with Crippen molar-refractivity contribution in [2.75, 3.05) is 16.8 Å². The number of amides is 1. The van der Waals surface area contributed by atoms with E-state index in [9.17, 15) is 9.59 Å². The summed E-state index contributed by atoms with van der Waals surface area (Å²) in [6, 6.07) is 13.7. The second-order valence-electron chi connectivity index (χ2n) is 7.06. The number of carbonyl (C=O) groups is 2. The molecule has 2 aliphatic rings. The van der Waals surface area contributed by atoms with Crippen molar-refractivity contribution in [2.45, 2.75) is 33.1 Å². The van der Waals surface area contributed by atoms with Crippen LogP contribution in [0.5, 0.6) is 0 Å². The number of Topliss-reactive ketones (excluding diaryl/α,β-unsaturated/α-hetero) is 1. The Morgan fingerprint density at radius 2 is 1.77 bits per heavy atom. The van der Waals surface area contributed by atoms with Gasteiger partial charge in [0.2, 0.25) is 0 Å². The van der Waals surface area contributed by atoms with E-state index in [0.717, 1.165) is 47.6 Å². The maximum absolute atomic E-state index is 12.6. The van der Waals surface area contributed by atoms with Crippen LogP contribution in [0.2, 0.25) is 0 Å². The molecular formula is C22H22N2O2. The van der Waals surface area contributed by atoms with Crippen LogP contribution in [0.1, 0.15) is 41.3 Å². The minimum Gasteiger partial charge on any atom is -0.344 e. The van der Waals surface area contributed by atoms with E-state index in [1.807, 2.05) is 56.3 Å². The summed E-state index contributed by atoms with van der Waals surface area (Å²) < 4.78 is 0. The average molecular weight is 346 g/mol. The van der Waals surface area contributed by atoms with Gasteiger partial charge in [0.05, 0.1) is 0 Å². The number of nitrogens with one attached hydrogen (secondary N) is 1. The number of allylic oxidation sites excluding steroid dienone is 2. The zero-order valence-electron chi connectivity index (χ0n) is 15.1. The Kier molecular flexibility index (Phi) is 4.11. The number of rotatable bonds is 2. The van der Waals surface area contributed by atoms with Crippen LogP contribution >= 0.6 is 0 Å². The van der Waals surface area contributed by atoms with Crippen molar-refractivity contribution in [1.29, 1.82) is 0 Å². The molecule has 0 spiro atoms. The van der Waals surface area contributed by atoms with Crippen molar-refractivity contribution >= 4 is 23.1 Å². The standard InChI is InChI=1S/C22H22N2O2/c1-14-3-7-18(8-4-14)23-22(26)17-6-10-20-16(13-17)5-9-19-15(2)21(25)11-12-24(19)20/h3-4,6-8,10,13H,5,9,11-12H2,1-2H3,(H,23,26). The van der Waals surface area contributed by atoms with Crippen molar-refractivity contribution in [3.63, 3.8) is 0 Å². The quantitative estimate of drug-likeness (QED) is 0.884. The summed E-state index contributed by atoms with van der Waals surface area (Å²) in [6.07, 6.45) is 2.27. The van der Waals surface area contributed by atoms with Crippen LogP contribution in [0.25, 0.3) is 0 Å². The van der Waals surface area contributed by atoms with Crippen LogP contribution in [0.3, 0.4) is 0 Å². The molecule has 0 radical (unpaired) electrons. The van der Waals surface area contributed by atoms with E-state index in [-0.39, 0.29) is 11.7 Å². The maximum atomic E-state index is 12.6. The normalized spacial score (nSPS) is 16.2. The van der Waals surface area contributed by atoms with Gasteiger partial charge in [-0.1, -0.05) is 17.7 Å². The van der Waals surface area contributed by atoms with Gasteiger partial charge in [0.25, 0.3) is 5.91 Å². The summed E-state index contributed by atoms with van der Waals surface area (Å²) >= 11 is 0. The molecule has 0 aromatic heterocycles. The summed E-state index contributed by atoms with van der Waals surface area (Å²) in [6.45, 7) is 4.68. The molecule has 0 atom stereocenters. The van der Waals surface area contributed by atoms with E-state index in [0.29, 0.717) is 12.0 Å². The number of benzene rings is 2. The highest BCUT2D eigenvalue weighted by molar-refractivity contribution is 6.05. The van der Waals surface area contributed by atoms with Crippen molar-refractivity contribution in [2.24, 2.45) is 0 Å². The second-order valence-corrected chi connectivity index (χ2v) is 7.06. The Morgan fingerprint density at radius 1 is 1.00 bits per heavy atom. The molecule has 2 aromatic rings. The summed E-state index contributed by atoms with van der Waals surface area (Å²) in [7, 11) is 0. The molecule has 0 saturated carbocycles. The second kappa shape index (κ2) is 6.45. The smallest absolute Gasteiger partial charge is 0.255 e. The molecule has 2 aromatic carbocycles. The lowest BCUT2D eigenvalue weighted by Gasteiger charge is -2.37. The van der Waals surface area contributed by atoms with E-state index in [4.69, 9.17) is 0 Å². The molecule has 4 rings (SSSR count). The lowest BCUT2D eigenvalue weighted by atomic mass is 9.90. The van der Waals surface area contributed by atoms with E-state index < -0.39 is 0 Å². The first-order valence-electron chi connectivity index (χ1n) is 9.04. The lowest BCUT2D eigenvalue weighted by Crippen LogP contribution is -2.35. The third-order valence-electron chi connectivity index (χ3n) is 5.31. The Labute approximate surface area is 153 Å². The minimum absolute atomic E-state index is 0.0944. The molecule has 2 heterocycles. The number of nitrogens with zero attached hydrogens (tertiary/aromatic N) is 1. The Balaban J connectivity index is 1.59. The van der Waals surface area contributed by atoms with Crippen molar-refractivity contribution in [3.05, 3.63) is 70.4 Å². The highest BCUT2D eigenvalue weighted by atomic mass is 16.1.